The molecule has 1 aliphatic heterocycles. The Bertz CT molecular complexity index is 864. The molecule has 0 aromatic heterocycles. The molecule has 2 aliphatic carbocycles. The highest BCUT2D eigenvalue weighted by atomic mass is 32.1. The van der Waals surface area contributed by atoms with Crippen LogP contribution in [-0.4, -0.2) is 33.6 Å². The minimum absolute atomic E-state index is 0.0357. The van der Waals surface area contributed by atoms with Crippen molar-refractivity contribution in [2.24, 2.45) is 10.9 Å². The van der Waals surface area contributed by atoms with Crippen molar-refractivity contribution < 1.29 is 9.59 Å². The summed E-state index contributed by atoms with van der Waals surface area (Å²) in [6, 6.07) is 7.64. The van der Waals surface area contributed by atoms with E-state index in [4.69, 9.17) is 12.2 Å². The second-order valence-corrected chi connectivity index (χ2v) is 7.48. The van der Waals surface area contributed by atoms with E-state index in [0.717, 1.165) is 18.4 Å². The standard InChI is InChI=1S/C21H21N3O2S/c25-19(22-16-5-1-2-6-16)15-11-9-14(10-12-15)13-24-20(26)17-7-3-4-8-18(17)23-21(24)27/h3-4,7-12,16-17H,1-2,5-6,13H2,(H,22,25). The topological polar surface area (TPSA) is 61.8 Å². The number of hydrogen-bond donors (Lipinski definition) is 1. The molecule has 0 radical (unpaired) electrons. The molecule has 138 valence electrons. The molecular weight excluding hydrogens is 358 g/mol. The molecule has 1 unspecified atom stereocenters. The normalized spacial score (nSPS) is 22.0. The Labute approximate surface area is 163 Å². The lowest BCUT2D eigenvalue weighted by Crippen LogP contribution is -2.45. The average molecular weight is 379 g/mol. The van der Waals surface area contributed by atoms with Gasteiger partial charge in [0.05, 0.1) is 18.2 Å². The van der Waals surface area contributed by atoms with E-state index < -0.39 is 0 Å². The quantitative estimate of drug-likeness (QED) is 0.818. The van der Waals surface area contributed by atoms with Crippen LogP contribution in [-0.2, 0) is 11.3 Å². The van der Waals surface area contributed by atoms with Gasteiger partial charge in [0, 0.05) is 11.6 Å². The van der Waals surface area contributed by atoms with Crippen LogP contribution < -0.4 is 5.32 Å². The average Bonchev–Trinajstić information content (AvgIpc) is 3.18. The van der Waals surface area contributed by atoms with Crippen molar-refractivity contribution in [1.82, 2.24) is 10.2 Å². The number of nitrogens with one attached hydrogen (secondary N) is 1. The van der Waals surface area contributed by atoms with Crippen molar-refractivity contribution >= 4 is 34.9 Å². The van der Waals surface area contributed by atoms with Gasteiger partial charge in [-0.3, -0.25) is 14.5 Å². The van der Waals surface area contributed by atoms with Gasteiger partial charge in [-0.25, -0.2) is 4.99 Å². The van der Waals surface area contributed by atoms with Gasteiger partial charge in [-0.1, -0.05) is 43.2 Å². The summed E-state index contributed by atoms with van der Waals surface area (Å²) in [4.78, 5) is 31.0. The lowest BCUT2D eigenvalue weighted by Gasteiger charge is -2.30. The molecule has 2 amide bonds. The third-order valence-corrected chi connectivity index (χ3v) is 5.55. The third kappa shape index (κ3) is 3.76. The molecule has 0 spiro atoms. The van der Waals surface area contributed by atoms with Crippen LogP contribution in [0.3, 0.4) is 0 Å². The van der Waals surface area contributed by atoms with E-state index in [-0.39, 0.29) is 22.8 Å². The van der Waals surface area contributed by atoms with Crippen LogP contribution in [0.25, 0.3) is 0 Å². The van der Waals surface area contributed by atoms with Crippen LogP contribution in [0.1, 0.15) is 41.6 Å². The first-order valence-electron chi connectivity index (χ1n) is 9.30. The van der Waals surface area contributed by atoms with Crippen LogP contribution in [0, 0.1) is 5.92 Å². The Hall–Kier alpha value is -2.60. The zero-order valence-corrected chi connectivity index (χ0v) is 15.7. The summed E-state index contributed by atoms with van der Waals surface area (Å²) < 4.78 is 0. The Morgan fingerprint density at radius 2 is 1.93 bits per heavy atom. The molecule has 0 bridgehead atoms. The second-order valence-electron chi connectivity index (χ2n) is 7.12. The lowest BCUT2D eigenvalue weighted by molar-refractivity contribution is -0.128. The zero-order valence-electron chi connectivity index (χ0n) is 14.9. The number of allylic oxidation sites excluding steroid dienone is 3. The summed E-state index contributed by atoms with van der Waals surface area (Å²) in [5.41, 5.74) is 2.25. The highest BCUT2D eigenvalue weighted by Gasteiger charge is 2.33. The van der Waals surface area contributed by atoms with Gasteiger partial charge in [-0.2, -0.15) is 0 Å². The smallest absolute Gasteiger partial charge is 0.251 e. The number of carbonyl (C=O) groups excluding carboxylic acids is 2. The van der Waals surface area contributed by atoms with Gasteiger partial charge >= 0.3 is 0 Å². The first-order valence-corrected chi connectivity index (χ1v) is 9.71. The van der Waals surface area contributed by atoms with Crippen molar-refractivity contribution in [2.75, 3.05) is 0 Å². The van der Waals surface area contributed by atoms with Crippen LogP contribution in [0.2, 0.25) is 0 Å². The van der Waals surface area contributed by atoms with E-state index >= 15 is 0 Å². The molecular formula is C21H21N3O2S. The van der Waals surface area contributed by atoms with E-state index in [2.05, 4.69) is 10.3 Å². The maximum atomic E-state index is 12.8. The molecule has 5 nitrogen and oxygen atoms in total. The molecule has 1 saturated carbocycles. The van der Waals surface area contributed by atoms with E-state index in [1.165, 1.54) is 17.7 Å². The molecule has 3 aliphatic rings. The van der Waals surface area contributed by atoms with Crippen molar-refractivity contribution in [2.45, 2.75) is 38.3 Å². The summed E-state index contributed by atoms with van der Waals surface area (Å²) in [5, 5.41) is 3.37. The molecule has 4 rings (SSSR count). The Morgan fingerprint density at radius 3 is 2.67 bits per heavy atom. The maximum Gasteiger partial charge on any atom is 0.251 e. The van der Waals surface area contributed by atoms with Crippen LogP contribution in [0.15, 0.2) is 53.6 Å². The van der Waals surface area contributed by atoms with E-state index in [9.17, 15) is 9.59 Å². The van der Waals surface area contributed by atoms with Gasteiger partial charge in [-0.15, -0.1) is 0 Å². The number of carbonyl (C=O) groups is 2. The fourth-order valence-corrected chi connectivity index (χ4v) is 3.97. The molecule has 0 saturated heterocycles. The monoisotopic (exact) mass is 379 g/mol. The summed E-state index contributed by atoms with van der Waals surface area (Å²) in [7, 11) is 0. The number of thiocarbonyl (C=S) groups is 1. The van der Waals surface area contributed by atoms with E-state index in [0.29, 0.717) is 23.9 Å². The summed E-state index contributed by atoms with van der Waals surface area (Å²) in [6.07, 6.45) is 11.9. The van der Waals surface area contributed by atoms with Gasteiger partial charge in [0.1, 0.15) is 0 Å². The van der Waals surface area contributed by atoms with E-state index in [1.54, 1.807) is 12.1 Å². The number of hydrogen-bond acceptors (Lipinski definition) is 3. The fourth-order valence-electron chi connectivity index (χ4n) is 3.71. The van der Waals surface area contributed by atoms with Crippen LogP contribution in [0.4, 0.5) is 0 Å². The predicted molar refractivity (Wildman–Crippen MR) is 109 cm³/mol. The number of fused-ring (bicyclic) bond motifs is 1. The summed E-state index contributed by atoms with van der Waals surface area (Å²) in [5.74, 6) is -0.460. The Kier molecular flexibility index (Phi) is 4.99. The molecule has 1 aromatic rings. The minimum atomic E-state index is -0.363. The molecule has 1 atom stereocenters. The molecule has 1 N–H and O–H groups in total. The highest BCUT2D eigenvalue weighted by Crippen LogP contribution is 2.22. The maximum absolute atomic E-state index is 12.8. The SMILES string of the molecule is O=C(NC1CCCC1)c1ccc(CN2C(=O)C3C=CC=CC3=NC2=S)cc1. The highest BCUT2D eigenvalue weighted by molar-refractivity contribution is 7.80. The number of aliphatic imine (C=N–C) groups is 1. The number of amides is 2. The van der Waals surface area contributed by atoms with Gasteiger partial charge < -0.3 is 5.32 Å². The predicted octanol–water partition coefficient (Wildman–Crippen LogP) is 3.17. The van der Waals surface area contributed by atoms with Crippen molar-refractivity contribution in [3.05, 3.63) is 59.7 Å². The number of rotatable bonds is 4. The zero-order chi connectivity index (χ0) is 18.8. The Balaban J connectivity index is 1.43. The first kappa shape index (κ1) is 17.8. The van der Waals surface area contributed by atoms with Gasteiger partial charge in [0.15, 0.2) is 0 Å². The first-order chi connectivity index (χ1) is 13.1. The van der Waals surface area contributed by atoms with Gasteiger partial charge in [0.2, 0.25) is 11.0 Å². The molecule has 1 fully saturated rings. The minimum Gasteiger partial charge on any atom is -0.349 e. The lowest BCUT2D eigenvalue weighted by atomic mass is 9.95. The van der Waals surface area contributed by atoms with Crippen molar-refractivity contribution in [3.63, 3.8) is 0 Å². The molecule has 1 aromatic carbocycles. The third-order valence-electron chi connectivity index (χ3n) is 5.24. The fraction of sp³-hybridized carbons (Fsp3) is 0.333. The molecule has 1 heterocycles. The van der Waals surface area contributed by atoms with E-state index in [1.807, 2.05) is 36.4 Å². The Morgan fingerprint density at radius 1 is 1.19 bits per heavy atom. The number of nitrogens with zero attached hydrogens (tertiary/aromatic N) is 2. The van der Waals surface area contributed by atoms with Crippen molar-refractivity contribution in [3.8, 4) is 0 Å². The molecule has 6 heteroatoms. The summed E-state index contributed by atoms with van der Waals surface area (Å²) in [6.45, 7) is 0.354. The largest absolute Gasteiger partial charge is 0.349 e. The molecule has 27 heavy (non-hydrogen) atoms. The second kappa shape index (κ2) is 7.56. The van der Waals surface area contributed by atoms with Gasteiger partial charge in [-0.05, 0) is 48.8 Å². The number of benzene rings is 1. The van der Waals surface area contributed by atoms with Crippen LogP contribution >= 0.6 is 12.2 Å². The summed E-state index contributed by atoms with van der Waals surface area (Å²) >= 11 is 5.31. The van der Waals surface area contributed by atoms with Gasteiger partial charge in [0.25, 0.3) is 5.91 Å². The van der Waals surface area contributed by atoms with Crippen LogP contribution in [0.5, 0.6) is 0 Å². The van der Waals surface area contributed by atoms with Crippen molar-refractivity contribution in [1.29, 1.82) is 0 Å².